The van der Waals surface area contributed by atoms with Crippen molar-refractivity contribution in [3.05, 3.63) is 78.5 Å². The average molecular weight is 618 g/mol. The van der Waals surface area contributed by atoms with Crippen LogP contribution in [-0.2, 0) is 14.4 Å². The van der Waals surface area contributed by atoms with Crippen LogP contribution in [0.5, 0.6) is 23.0 Å². The van der Waals surface area contributed by atoms with E-state index in [0.717, 1.165) is 6.07 Å². The van der Waals surface area contributed by atoms with E-state index >= 15 is 4.39 Å². The number of methoxy groups -OCH3 is 1. The van der Waals surface area contributed by atoms with Gasteiger partial charge in [0.1, 0.15) is 17.0 Å². The number of hydrogen-bond donors (Lipinski definition) is 3. The molecule has 0 atom stereocenters. The molecule has 3 N–H and O–H groups in total. The van der Waals surface area contributed by atoms with Crippen LogP contribution >= 0.6 is 0 Å². The van der Waals surface area contributed by atoms with Gasteiger partial charge in [0.2, 0.25) is 11.8 Å². The zero-order chi connectivity index (χ0) is 30.6. The minimum absolute atomic E-state index is 0. The van der Waals surface area contributed by atoms with E-state index in [9.17, 15) is 18.8 Å². The Hall–Kier alpha value is -4.49. The van der Waals surface area contributed by atoms with Gasteiger partial charge in [0.05, 0.1) is 19.2 Å². The second-order valence-corrected chi connectivity index (χ2v) is 9.92. The number of hydrogen-bond acceptors (Lipinski definition) is 7. The van der Waals surface area contributed by atoms with Crippen molar-refractivity contribution in [2.45, 2.75) is 25.7 Å². The Balaban J connectivity index is 0.00000245. The van der Waals surface area contributed by atoms with Crippen LogP contribution in [0.2, 0.25) is 0 Å². The molecule has 3 aromatic carbocycles. The van der Waals surface area contributed by atoms with Crippen LogP contribution in [0.3, 0.4) is 0 Å². The summed E-state index contributed by atoms with van der Waals surface area (Å²) in [6.07, 6.45) is 2.41. The minimum atomic E-state index is -1.30. The zero-order valence-electron chi connectivity index (χ0n) is 25.7. The molecule has 5 rings (SSSR count). The molecule has 1 aromatic heterocycles. The minimum Gasteiger partial charge on any atom is -1.00 e. The summed E-state index contributed by atoms with van der Waals surface area (Å²) in [5, 5.41) is 14.5. The molecular formula is C31H29F2MgN3O7. The Labute approximate surface area is 269 Å². The van der Waals surface area contributed by atoms with Crippen molar-refractivity contribution in [2.75, 3.05) is 24.4 Å². The van der Waals surface area contributed by atoms with Gasteiger partial charge in [-0.15, -0.1) is 0 Å². The third-order valence-electron chi connectivity index (χ3n) is 6.91. The third-order valence-corrected chi connectivity index (χ3v) is 6.91. The first kappa shape index (κ1) is 32.4. The summed E-state index contributed by atoms with van der Waals surface area (Å²) in [4.78, 5) is 40.8. The Morgan fingerprint density at radius 3 is 2.23 bits per heavy atom. The van der Waals surface area contributed by atoms with Crippen molar-refractivity contribution < 1.29 is 45.3 Å². The van der Waals surface area contributed by atoms with Gasteiger partial charge in [-0.2, -0.15) is 0 Å². The molecule has 1 aliphatic rings. The number of ether oxygens (including phenoxy) is 3. The van der Waals surface area contributed by atoms with Crippen molar-refractivity contribution in [1.29, 1.82) is 0 Å². The molecule has 0 unspecified atom stereocenters. The summed E-state index contributed by atoms with van der Waals surface area (Å²) in [6, 6.07) is 13.9. The van der Waals surface area contributed by atoms with Gasteiger partial charge in [0, 0.05) is 41.5 Å². The van der Waals surface area contributed by atoms with Crippen LogP contribution in [0.4, 0.5) is 20.2 Å². The Morgan fingerprint density at radius 1 is 0.909 bits per heavy atom. The summed E-state index contributed by atoms with van der Waals surface area (Å²) in [6.45, 7) is 0.165. The first-order chi connectivity index (χ1) is 20.7. The maximum Gasteiger partial charge on any atom is 2.00 e. The number of halogens is 2. The number of carbonyl (C=O) groups is 3. The fourth-order valence-electron chi connectivity index (χ4n) is 4.39. The summed E-state index contributed by atoms with van der Waals surface area (Å²) in [7, 11) is 1.45. The molecule has 13 heteroatoms. The number of anilines is 2. The van der Waals surface area contributed by atoms with Gasteiger partial charge in [-0.25, -0.2) is 8.78 Å². The van der Waals surface area contributed by atoms with E-state index in [1.165, 1.54) is 49.7 Å². The first-order valence-electron chi connectivity index (χ1n) is 13.4. The largest absolute Gasteiger partial charge is 2.00 e. The molecule has 1 heterocycles. The van der Waals surface area contributed by atoms with Gasteiger partial charge >= 0.3 is 29.0 Å². The molecule has 226 valence electrons. The fourth-order valence-corrected chi connectivity index (χ4v) is 4.39. The molecule has 0 aliphatic heterocycles. The van der Waals surface area contributed by atoms with Crippen molar-refractivity contribution in [1.82, 2.24) is 4.98 Å². The normalized spacial score (nSPS) is 12.9. The quantitative estimate of drug-likeness (QED) is 0.104. The molecule has 0 radical (unpaired) electrons. The smallest absolute Gasteiger partial charge is 1.00 e. The van der Waals surface area contributed by atoms with Gasteiger partial charge in [-0.1, -0.05) is 0 Å². The molecule has 0 saturated heterocycles. The number of benzene rings is 3. The number of fused-ring (bicyclic) bond motifs is 1. The molecule has 0 bridgehead atoms. The molecule has 1 saturated carbocycles. The van der Waals surface area contributed by atoms with E-state index in [2.05, 4.69) is 15.6 Å². The van der Waals surface area contributed by atoms with Crippen LogP contribution in [0, 0.1) is 17.0 Å². The molecule has 2 amide bonds. The van der Waals surface area contributed by atoms with E-state index < -0.39 is 34.8 Å². The standard InChI is InChI=1S/C31H27F2N3O7.Mg.2H/c1-41-26-16-21-23(17-27(26)42-14-2-3-28(37)38)34-13-10-24(21)43-25-9-8-20(15-22(25)33)36-30(40)31(11-12-31)29(39)35-19-6-4-18(32)5-7-19;;;/h4-10,13,15-17H,2-3,11-12,14H2,1H3,(H,35,39)(H,36,40)(H,37,38);;;/q;+2;2*-1. The number of carbonyl (C=O) groups excluding carboxylic acids is 2. The van der Waals surface area contributed by atoms with Gasteiger partial charge in [0.15, 0.2) is 23.1 Å². The summed E-state index contributed by atoms with van der Waals surface area (Å²) < 4.78 is 45.3. The summed E-state index contributed by atoms with van der Waals surface area (Å²) in [5.41, 5.74) is -0.321. The molecule has 0 spiro atoms. The van der Waals surface area contributed by atoms with Crippen molar-refractivity contribution >= 4 is 63.1 Å². The first-order valence-corrected chi connectivity index (χ1v) is 13.4. The van der Waals surface area contributed by atoms with Crippen molar-refractivity contribution in [3.8, 4) is 23.0 Å². The second-order valence-electron chi connectivity index (χ2n) is 9.92. The van der Waals surface area contributed by atoms with Crippen molar-refractivity contribution in [3.63, 3.8) is 0 Å². The maximum atomic E-state index is 15.1. The monoisotopic (exact) mass is 617 g/mol. The van der Waals surface area contributed by atoms with Crippen LogP contribution in [0.25, 0.3) is 10.9 Å². The van der Waals surface area contributed by atoms with Gasteiger partial charge in [-0.05, 0) is 67.8 Å². The number of pyridine rings is 1. The number of carboxylic acids is 1. The number of aliphatic carboxylic acids is 1. The van der Waals surface area contributed by atoms with E-state index in [1.807, 2.05) is 0 Å². The van der Waals surface area contributed by atoms with Gasteiger partial charge in [0.25, 0.3) is 0 Å². The van der Waals surface area contributed by atoms with E-state index in [0.29, 0.717) is 47.4 Å². The molecular weight excluding hydrogens is 589 g/mol. The SMILES string of the molecule is COc1cc2c(Oc3ccc(NC(=O)C4(C(=O)Nc5ccc(F)cc5)CC4)cc3F)ccnc2cc1OCCCC(=O)O.[H-].[H-].[Mg+2]. The molecule has 1 fully saturated rings. The molecule has 4 aromatic rings. The summed E-state index contributed by atoms with van der Waals surface area (Å²) in [5.74, 6) is -2.33. The molecule has 10 nitrogen and oxygen atoms in total. The number of aromatic nitrogens is 1. The number of amides is 2. The van der Waals surface area contributed by atoms with Crippen LogP contribution in [-0.4, -0.2) is 64.6 Å². The number of nitrogens with zero attached hydrogens (tertiary/aromatic N) is 1. The Morgan fingerprint density at radius 2 is 1.59 bits per heavy atom. The third kappa shape index (κ3) is 7.34. The van der Waals surface area contributed by atoms with E-state index in [4.69, 9.17) is 19.3 Å². The zero-order valence-corrected chi connectivity index (χ0v) is 25.1. The second kappa shape index (κ2) is 13.9. The number of carboxylic acid groups (broad SMARTS) is 1. The predicted octanol–water partition coefficient (Wildman–Crippen LogP) is 5.76. The Kier molecular flexibility index (Phi) is 10.2. The van der Waals surface area contributed by atoms with Gasteiger partial charge in [-0.3, -0.25) is 19.4 Å². The number of nitrogens with one attached hydrogen (secondary N) is 2. The fraction of sp³-hybridized carbons (Fsp3) is 0.226. The van der Waals surface area contributed by atoms with Gasteiger partial charge < -0.3 is 32.8 Å². The molecule has 1 aliphatic carbocycles. The van der Waals surface area contributed by atoms with Crippen LogP contribution in [0.15, 0.2) is 66.9 Å². The van der Waals surface area contributed by atoms with Crippen LogP contribution in [0.1, 0.15) is 28.5 Å². The topological polar surface area (TPSA) is 136 Å². The summed E-state index contributed by atoms with van der Waals surface area (Å²) >= 11 is 0. The Bertz CT molecular complexity index is 1710. The van der Waals surface area contributed by atoms with E-state index in [1.54, 1.807) is 18.2 Å². The average Bonchev–Trinajstić information content (AvgIpc) is 3.80. The molecule has 44 heavy (non-hydrogen) atoms. The predicted molar refractivity (Wildman–Crippen MR) is 160 cm³/mol. The maximum absolute atomic E-state index is 15.1. The van der Waals surface area contributed by atoms with E-state index in [-0.39, 0.29) is 56.1 Å². The number of rotatable bonds is 12. The van der Waals surface area contributed by atoms with Crippen molar-refractivity contribution in [2.24, 2.45) is 5.41 Å². The van der Waals surface area contributed by atoms with Crippen LogP contribution < -0.4 is 24.8 Å².